The Morgan fingerprint density at radius 1 is 1.29 bits per heavy atom. The second-order valence-corrected chi connectivity index (χ2v) is 2.62. The van der Waals surface area contributed by atoms with Crippen molar-refractivity contribution in [2.24, 2.45) is 5.73 Å². The van der Waals surface area contributed by atoms with Gasteiger partial charge >= 0.3 is 29.6 Å². The number of hydrogen-bond acceptors (Lipinski definition) is 2. The molecule has 0 bridgehead atoms. The molecule has 0 aliphatic heterocycles. The molecule has 0 rings (SSSR count). The monoisotopic (exact) mass is 298 g/mol. The molecular formula is C6H15N2NaO2S2Zn. The molecule has 2 amide bonds. The maximum atomic E-state index is 10.4. The molecule has 14 heavy (non-hydrogen) atoms. The van der Waals surface area contributed by atoms with Gasteiger partial charge < -0.3 is 12.1 Å². The Balaban J connectivity index is -0.0000000424. The van der Waals surface area contributed by atoms with Crippen LogP contribution in [0.4, 0.5) is 9.59 Å². The molecule has 0 heterocycles. The predicted octanol–water partition coefficient (Wildman–Crippen LogP) is -1.51. The van der Waals surface area contributed by atoms with E-state index in [2.05, 4.69) is 31.0 Å². The molecule has 0 unspecified atom stereocenters. The molecule has 0 aliphatic carbocycles. The van der Waals surface area contributed by atoms with Crippen LogP contribution in [0.1, 0.15) is 15.3 Å². The van der Waals surface area contributed by atoms with Gasteiger partial charge in [0.05, 0.1) is 0 Å². The van der Waals surface area contributed by atoms with Gasteiger partial charge in [-0.15, -0.1) is 0 Å². The summed E-state index contributed by atoms with van der Waals surface area (Å²) in [6.07, 6.45) is 0. The topological polar surface area (TPSA) is 63.4 Å². The van der Waals surface area contributed by atoms with E-state index in [1.54, 1.807) is 4.90 Å². The maximum Gasteiger partial charge on any atom is 1.00 e. The van der Waals surface area contributed by atoms with Crippen molar-refractivity contribution in [3.63, 3.8) is 0 Å². The minimum absolute atomic E-state index is 0. The van der Waals surface area contributed by atoms with E-state index in [1.165, 1.54) is 0 Å². The summed E-state index contributed by atoms with van der Waals surface area (Å²) in [7, 11) is 0. The minimum atomic E-state index is -0.639. The van der Waals surface area contributed by atoms with Crippen LogP contribution < -0.4 is 35.3 Å². The average molecular weight is 300 g/mol. The van der Waals surface area contributed by atoms with Gasteiger partial charge in [0.15, 0.2) is 0 Å². The van der Waals surface area contributed by atoms with Gasteiger partial charge in [0.25, 0.3) is 10.5 Å². The summed E-state index contributed by atoms with van der Waals surface area (Å²) in [4.78, 5) is 21.1. The molecule has 0 radical (unpaired) electrons. The molecule has 0 aliphatic rings. The smallest absolute Gasteiger partial charge is 1.00 e. The summed E-state index contributed by atoms with van der Waals surface area (Å²) in [6.45, 7) is 5.35. The SMILES string of the molecule is CCN(CC)C(=O)S.NC(=O)S.[H-].[Na+].[Zn]. The van der Waals surface area contributed by atoms with Crippen LogP contribution in [-0.2, 0) is 19.5 Å². The van der Waals surface area contributed by atoms with Gasteiger partial charge in [0, 0.05) is 32.6 Å². The largest absolute Gasteiger partial charge is 1.00 e. The Morgan fingerprint density at radius 3 is 1.50 bits per heavy atom. The van der Waals surface area contributed by atoms with E-state index in [1.807, 2.05) is 13.8 Å². The van der Waals surface area contributed by atoms with Crippen LogP contribution in [0.25, 0.3) is 0 Å². The number of rotatable bonds is 2. The fourth-order valence-electron chi connectivity index (χ4n) is 0.494. The molecule has 0 saturated heterocycles. The van der Waals surface area contributed by atoms with Crippen LogP contribution in [0.15, 0.2) is 0 Å². The van der Waals surface area contributed by atoms with Crippen molar-refractivity contribution in [2.75, 3.05) is 13.1 Å². The summed E-state index contributed by atoms with van der Waals surface area (Å²) < 4.78 is 0. The molecule has 2 N–H and O–H groups in total. The predicted molar refractivity (Wildman–Crippen MR) is 57.0 cm³/mol. The van der Waals surface area contributed by atoms with E-state index < -0.39 is 5.24 Å². The van der Waals surface area contributed by atoms with Crippen LogP contribution in [0.2, 0.25) is 0 Å². The van der Waals surface area contributed by atoms with Crippen molar-refractivity contribution in [2.45, 2.75) is 13.8 Å². The third-order valence-corrected chi connectivity index (χ3v) is 1.32. The van der Waals surface area contributed by atoms with Crippen LogP contribution >= 0.6 is 25.3 Å². The number of amides is 2. The van der Waals surface area contributed by atoms with E-state index in [0.717, 1.165) is 13.1 Å². The number of hydrogen-bond donors (Lipinski definition) is 3. The first-order valence-corrected chi connectivity index (χ1v) is 4.31. The second-order valence-electron chi connectivity index (χ2n) is 1.79. The van der Waals surface area contributed by atoms with Crippen LogP contribution in [0.3, 0.4) is 0 Å². The van der Waals surface area contributed by atoms with Gasteiger partial charge in [0.2, 0.25) is 0 Å². The molecule has 0 aromatic heterocycles. The van der Waals surface area contributed by atoms with E-state index in [9.17, 15) is 4.79 Å². The molecule has 0 aromatic rings. The summed E-state index contributed by atoms with van der Waals surface area (Å²) in [5.74, 6) is 0. The molecule has 0 atom stereocenters. The zero-order chi connectivity index (χ0) is 10.1. The van der Waals surface area contributed by atoms with Crippen molar-refractivity contribution in [3.05, 3.63) is 0 Å². The van der Waals surface area contributed by atoms with Crippen molar-refractivity contribution >= 4 is 35.7 Å². The zero-order valence-electron chi connectivity index (χ0n) is 9.86. The van der Waals surface area contributed by atoms with Gasteiger partial charge in [-0.2, -0.15) is 0 Å². The molecule has 8 heteroatoms. The van der Waals surface area contributed by atoms with Crippen LogP contribution in [-0.4, -0.2) is 28.5 Å². The summed E-state index contributed by atoms with van der Waals surface area (Å²) in [5, 5.41) is -0.782. The molecular weight excluding hydrogens is 285 g/mol. The van der Waals surface area contributed by atoms with E-state index in [4.69, 9.17) is 4.79 Å². The second kappa shape index (κ2) is 16.7. The Labute approximate surface area is 132 Å². The molecule has 4 nitrogen and oxygen atoms in total. The number of carbonyl (C=O) groups excluding carboxylic acids is 2. The number of nitrogens with two attached hydrogens (primary N) is 1. The van der Waals surface area contributed by atoms with Crippen molar-refractivity contribution < 1.29 is 60.1 Å². The quantitative estimate of drug-likeness (QED) is 0.429. The van der Waals surface area contributed by atoms with Gasteiger partial charge in [-0.25, -0.2) is 0 Å². The number of thiol groups is 2. The number of primary amides is 1. The van der Waals surface area contributed by atoms with Crippen LogP contribution in [0, 0.1) is 0 Å². The molecule has 0 saturated carbocycles. The Kier molecular flexibility index (Phi) is 29.2. The normalized spacial score (nSPS) is 6.86. The van der Waals surface area contributed by atoms with Crippen molar-refractivity contribution in [1.29, 1.82) is 0 Å². The van der Waals surface area contributed by atoms with Crippen molar-refractivity contribution in [3.8, 4) is 0 Å². The molecule has 0 fully saturated rings. The Morgan fingerprint density at radius 2 is 1.50 bits per heavy atom. The third kappa shape index (κ3) is 23.2. The van der Waals surface area contributed by atoms with E-state index >= 15 is 0 Å². The van der Waals surface area contributed by atoms with Gasteiger partial charge in [-0.05, 0) is 13.8 Å². The van der Waals surface area contributed by atoms with Gasteiger partial charge in [0.1, 0.15) is 0 Å². The first-order valence-electron chi connectivity index (χ1n) is 3.41. The van der Waals surface area contributed by atoms with Gasteiger partial charge in [-0.3, -0.25) is 9.59 Å². The summed E-state index contributed by atoms with van der Waals surface area (Å²) in [5.41, 5.74) is 4.34. The Bertz CT molecular complexity index is 160. The minimum Gasteiger partial charge on any atom is -1.00 e. The van der Waals surface area contributed by atoms with E-state index in [0.29, 0.717) is 0 Å². The fraction of sp³-hybridized carbons (Fsp3) is 0.667. The van der Waals surface area contributed by atoms with Crippen LogP contribution in [0.5, 0.6) is 0 Å². The third-order valence-electron chi connectivity index (χ3n) is 1.03. The number of nitrogens with zero attached hydrogens (tertiary/aromatic N) is 1. The zero-order valence-corrected chi connectivity index (χ0v) is 15.6. The average Bonchev–Trinajstić information content (AvgIpc) is 1.87. The maximum absolute atomic E-state index is 10.4. The molecule has 0 aromatic carbocycles. The molecule has 0 spiro atoms. The first kappa shape index (κ1) is 24.5. The molecule has 76 valence electrons. The van der Waals surface area contributed by atoms with Gasteiger partial charge in [-0.1, -0.05) is 25.3 Å². The fourth-order valence-corrected chi connectivity index (χ4v) is 0.777. The number of carbonyl (C=O) groups is 2. The standard InChI is InChI=1S/C5H11NOS.CH3NOS.Na.Zn.H/c1-3-6(4-2)5(7)8;2-1(3)4;;;/h3-4H2,1-2H3,(H,7,8);(H3,2,3,4);;;/q;;+1;;-1. The summed E-state index contributed by atoms with van der Waals surface area (Å²) >= 11 is 6.75. The van der Waals surface area contributed by atoms with Crippen molar-refractivity contribution in [1.82, 2.24) is 4.90 Å². The van der Waals surface area contributed by atoms with E-state index in [-0.39, 0.29) is 55.7 Å². The summed E-state index contributed by atoms with van der Waals surface area (Å²) in [6, 6.07) is 0. The first-order chi connectivity index (χ1) is 5.45. The Hall–Kier alpha value is 1.26.